The van der Waals surface area contributed by atoms with Gasteiger partial charge in [0.15, 0.2) is 11.6 Å². The highest BCUT2D eigenvalue weighted by molar-refractivity contribution is 6.29. The van der Waals surface area contributed by atoms with Gasteiger partial charge in [0.1, 0.15) is 0 Å². The number of hydrogen-bond donors (Lipinski definition) is 0. The monoisotopic (exact) mass is 280 g/mol. The fourth-order valence-electron chi connectivity index (χ4n) is 2.59. The first-order valence-electron chi connectivity index (χ1n) is 7.31. The highest BCUT2D eigenvalue weighted by Gasteiger charge is 2.31. The lowest BCUT2D eigenvalue weighted by Gasteiger charge is -2.20. The predicted octanol–water partition coefficient (Wildman–Crippen LogP) is 4.50. The second-order valence-electron chi connectivity index (χ2n) is 5.36. The van der Waals surface area contributed by atoms with Gasteiger partial charge < -0.3 is 0 Å². The van der Waals surface area contributed by atoms with Gasteiger partial charge in [0.2, 0.25) is 0 Å². The van der Waals surface area contributed by atoms with Crippen LogP contribution < -0.4 is 0 Å². The molecule has 0 bridgehead atoms. The summed E-state index contributed by atoms with van der Waals surface area (Å²) in [5, 5.41) is 0. The Labute approximate surface area is 125 Å². The summed E-state index contributed by atoms with van der Waals surface area (Å²) in [5.74, 6) is -0.0807. The zero-order chi connectivity index (χ0) is 15.6. The van der Waals surface area contributed by atoms with E-state index in [0.717, 1.165) is 11.1 Å². The third-order valence-corrected chi connectivity index (χ3v) is 3.49. The van der Waals surface area contributed by atoms with Crippen molar-refractivity contribution >= 4 is 11.6 Å². The Kier molecular flexibility index (Phi) is 4.37. The van der Waals surface area contributed by atoms with Crippen molar-refractivity contribution in [3.05, 3.63) is 69.8 Å². The molecule has 0 radical (unpaired) electrons. The Morgan fingerprint density at radius 1 is 0.714 bits per heavy atom. The molecule has 2 aromatic carbocycles. The maximum absolute atomic E-state index is 12.5. The normalized spacial score (nSPS) is 12.2. The number of carbonyl (C=O) groups is 2. The van der Waals surface area contributed by atoms with Crippen LogP contribution in [-0.4, -0.2) is 11.6 Å². The molecule has 2 heteroatoms. The quantitative estimate of drug-likeness (QED) is 0.608. The Hall–Kier alpha value is -2.22. The van der Waals surface area contributed by atoms with E-state index >= 15 is 0 Å². The summed E-state index contributed by atoms with van der Waals surface area (Å²) in [6.07, 6.45) is 1.25. The molecule has 2 aromatic rings. The van der Waals surface area contributed by atoms with E-state index in [-0.39, 0.29) is 11.6 Å². The molecule has 0 saturated heterocycles. The van der Waals surface area contributed by atoms with Crippen molar-refractivity contribution in [2.45, 2.75) is 34.1 Å². The number of rotatable bonds is 0. The first kappa shape index (κ1) is 15.2. The van der Waals surface area contributed by atoms with Gasteiger partial charge in [-0.05, 0) is 25.0 Å². The smallest absolute Gasteiger partial charge is 0.194 e. The molecule has 108 valence electrons. The summed E-state index contributed by atoms with van der Waals surface area (Å²) < 4.78 is 0. The minimum Gasteiger partial charge on any atom is -0.289 e. The Bertz CT molecular complexity index is 650. The fraction of sp³-hybridized carbons (Fsp3) is 0.263. The van der Waals surface area contributed by atoms with Crippen LogP contribution >= 0.6 is 0 Å². The van der Waals surface area contributed by atoms with Gasteiger partial charge in [-0.2, -0.15) is 0 Å². The first-order valence-corrected chi connectivity index (χ1v) is 7.31. The largest absolute Gasteiger partial charge is 0.289 e. The van der Waals surface area contributed by atoms with E-state index < -0.39 is 0 Å². The summed E-state index contributed by atoms with van der Waals surface area (Å²) >= 11 is 0. The van der Waals surface area contributed by atoms with Crippen LogP contribution in [0, 0.1) is 13.8 Å². The third-order valence-electron chi connectivity index (χ3n) is 3.49. The average Bonchev–Trinajstić information content (AvgIpc) is 2.45. The zero-order valence-electron chi connectivity index (χ0n) is 13.0. The van der Waals surface area contributed by atoms with Crippen LogP contribution in [0.3, 0.4) is 0 Å². The number of hydrogen-bond acceptors (Lipinski definition) is 2. The van der Waals surface area contributed by atoms with E-state index in [1.54, 1.807) is 12.1 Å². The second-order valence-corrected chi connectivity index (χ2v) is 5.36. The SMILES string of the molecule is CCC.Cc1cccc2c1C(=O)c1cccc(C)c1C2=O. The fourth-order valence-corrected chi connectivity index (χ4v) is 2.59. The maximum Gasteiger partial charge on any atom is 0.194 e. The van der Waals surface area contributed by atoms with Gasteiger partial charge in [-0.15, -0.1) is 0 Å². The van der Waals surface area contributed by atoms with Gasteiger partial charge in [0, 0.05) is 22.3 Å². The van der Waals surface area contributed by atoms with Gasteiger partial charge in [-0.1, -0.05) is 56.7 Å². The molecular weight excluding hydrogens is 260 g/mol. The molecule has 1 aliphatic carbocycles. The molecule has 3 rings (SSSR count). The highest BCUT2D eigenvalue weighted by Crippen LogP contribution is 2.30. The molecule has 0 N–H and O–H groups in total. The lowest BCUT2D eigenvalue weighted by molar-refractivity contribution is 0.0978. The maximum atomic E-state index is 12.5. The summed E-state index contributed by atoms with van der Waals surface area (Å²) in [6.45, 7) is 7.98. The molecule has 0 heterocycles. The van der Waals surface area contributed by atoms with Crippen molar-refractivity contribution < 1.29 is 9.59 Å². The summed E-state index contributed by atoms with van der Waals surface area (Å²) in [7, 11) is 0. The van der Waals surface area contributed by atoms with Crippen LogP contribution in [0.4, 0.5) is 0 Å². The molecule has 2 nitrogen and oxygen atoms in total. The van der Waals surface area contributed by atoms with Gasteiger partial charge in [-0.3, -0.25) is 9.59 Å². The second kappa shape index (κ2) is 6.04. The zero-order valence-corrected chi connectivity index (χ0v) is 13.0. The van der Waals surface area contributed by atoms with Crippen LogP contribution in [0.15, 0.2) is 36.4 Å². The van der Waals surface area contributed by atoms with Gasteiger partial charge in [0.05, 0.1) is 0 Å². The van der Waals surface area contributed by atoms with E-state index in [0.29, 0.717) is 22.3 Å². The molecule has 0 aromatic heterocycles. The molecule has 0 amide bonds. The van der Waals surface area contributed by atoms with E-state index in [9.17, 15) is 9.59 Å². The van der Waals surface area contributed by atoms with Crippen LogP contribution in [0.25, 0.3) is 0 Å². The van der Waals surface area contributed by atoms with E-state index in [1.807, 2.05) is 38.1 Å². The minimum absolute atomic E-state index is 0.0404. The van der Waals surface area contributed by atoms with Crippen molar-refractivity contribution in [3.8, 4) is 0 Å². The van der Waals surface area contributed by atoms with Crippen LogP contribution in [0.5, 0.6) is 0 Å². The molecule has 1 aliphatic rings. The molecule has 0 aliphatic heterocycles. The van der Waals surface area contributed by atoms with Crippen LogP contribution in [0.2, 0.25) is 0 Å². The highest BCUT2D eigenvalue weighted by atomic mass is 16.1. The molecule has 0 atom stereocenters. The van der Waals surface area contributed by atoms with Crippen molar-refractivity contribution in [2.24, 2.45) is 0 Å². The Morgan fingerprint density at radius 2 is 1.05 bits per heavy atom. The number of carbonyl (C=O) groups excluding carboxylic acids is 2. The summed E-state index contributed by atoms with van der Waals surface area (Å²) in [4.78, 5) is 24.9. The number of ketones is 2. The number of benzene rings is 2. The van der Waals surface area contributed by atoms with Crippen LogP contribution in [-0.2, 0) is 0 Å². The topological polar surface area (TPSA) is 34.1 Å². The molecule has 0 spiro atoms. The predicted molar refractivity (Wildman–Crippen MR) is 85.2 cm³/mol. The van der Waals surface area contributed by atoms with Crippen LogP contribution in [0.1, 0.15) is 63.2 Å². The lowest BCUT2D eigenvalue weighted by Crippen LogP contribution is -2.22. The van der Waals surface area contributed by atoms with Crippen molar-refractivity contribution in [2.75, 3.05) is 0 Å². The Balaban J connectivity index is 0.000000497. The Morgan fingerprint density at radius 3 is 1.38 bits per heavy atom. The summed E-state index contributed by atoms with van der Waals surface area (Å²) in [5.41, 5.74) is 3.89. The number of fused-ring (bicyclic) bond motifs is 2. The van der Waals surface area contributed by atoms with E-state index in [2.05, 4.69) is 13.8 Å². The molecular formula is C19H20O2. The summed E-state index contributed by atoms with van der Waals surface area (Å²) in [6, 6.07) is 10.8. The molecule has 0 saturated carbocycles. The van der Waals surface area contributed by atoms with Gasteiger partial charge in [0.25, 0.3) is 0 Å². The van der Waals surface area contributed by atoms with Crippen molar-refractivity contribution in [3.63, 3.8) is 0 Å². The standard InChI is InChI=1S/C16H12O2.C3H8/c1-9-5-3-7-11-13(9)15(17)12-8-4-6-10(2)14(12)16(11)18;1-3-2/h3-8H,1-2H3;3H2,1-2H3. The molecule has 21 heavy (non-hydrogen) atoms. The molecule has 0 fully saturated rings. The van der Waals surface area contributed by atoms with Gasteiger partial charge in [-0.25, -0.2) is 0 Å². The first-order chi connectivity index (χ1) is 10.0. The van der Waals surface area contributed by atoms with Crippen molar-refractivity contribution in [1.29, 1.82) is 0 Å². The van der Waals surface area contributed by atoms with Crippen molar-refractivity contribution in [1.82, 2.24) is 0 Å². The molecule has 0 unspecified atom stereocenters. The van der Waals surface area contributed by atoms with E-state index in [4.69, 9.17) is 0 Å². The lowest BCUT2D eigenvalue weighted by atomic mass is 9.80. The number of aryl methyl sites for hydroxylation is 2. The minimum atomic E-state index is -0.0404. The van der Waals surface area contributed by atoms with Gasteiger partial charge >= 0.3 is 0 Å². The average molecular weight is 280 g/mol. The van der Waals surface area contributed by atoms with E-state index in [1.165, 1.54) is 6.42 Å². The third kappa shape index (κ3) is 2.54.